The summed E-state index contributed by atoms with van der Waals surface area (Å²) >= 11 is 0. The van der Waals surface area contributed by atoms with Crippen LogP contribution in [0.5, 0.6) is 0 Å². The first-order valence-electron chi connectivity index (χ1n) is 18.1. The van der Waals surface area contributed by atoms with Gasteiger partial charge >= 0.3 is 12.4 Å². The quantitative estimate of drug-likeness (QED) is 0.114. The highest BCUT2D eigenvalue weighted by Gasteiger charge is 2.44. The largest absolute Gasteiger partial charge is 0.662 e. The first kappa shape index (κ1) is 45.5. The van der Waals surface area contributed by atoms with Gasteiger partial charge in [0.25, 0.3) is 0 Å². The van der Waals surface area contributed by atoms with Gasteiger partial charge in [0.05, 0.1) is 17.7 Å². The van der Waals surface area contributed by atoms with Crippen molar-refractivity contribution < 1.29 is 39.9 Å². The second kappa shape index (κ2) is 20.0. The zero-order chi connectivity index (χ0) is 43.4. The van der Waals surface area contributed by atoms with E-state index in [9.17, 15) is 45.2 Å². The number of hydrogen-bond donors (Lipinski definition) is 2. The van der Waals surface area contributed by atoms with Gasteiger partial charge in [-0.3, -0.25) is 15.1 Å². The summed E-state index contributed by atoms with van der Waals surface area (Å²) in [6.07, 6.45) is -6.58. The van der Waals surface area contributed by atoms with Gasteiger partial charge in [-0.05, 0) is 89.5 Å². The molecule has 15 heteroatoms. The molecule has 1 amide bonds. The minimum absolute atomic E-state index is 0.0606. The number of alkyl halides is 7. The molecule has 1 unspecified atom stereocenters. The number of nitrogens with one attached hydrogen (secondary N) is 3. The molecule has 7 nitrogen and oxygen atoms in total. The Morgan fingerprint density at radius 2 is 1.29 bits per heavy atom. The number of aromatic nitrogens is 1. The molecule has 0 aliphatic carbocycles. The van der Waals surface area contributed by atoms with Crippen LogP contribution < -0.4 is 10.6 Å². The molecular weight excluding hydrogens is 781 g/mol. The Bertz CT molecular complexity index is 2200. The fraction of sp³-hybridized carbons (Fsp3) is 0.273. The molecule has 0 saturated carbocycles. The Kier molecular flexibility index (Phi) is 15.4. The number of carbonyl (C=O) groups is 1. The molecule has 0 radical (unpaired) electrons. The van der Waals surface area contributed by atoms with Crippen LogP contribution in [0.3, 0.4) is 0 Å². The van der Waals surface area contributed by atoms with Gasteiger partial charge in [-0.1, -0.05) is 84.9 Å². The third-order valence-electron chi connectivity index (χ3n) is 8.89. The van der Waals surface area contributed by atoms with E-state index in [0.717, 1.165) is 34.4 Å². The lowest BCUT2D eigenvalue weighted by molar-refractivity contribution is -0.161. The molecule has 0 aliphatic heterocycles. The van der Waals surface area contributed by atoms with E-state index in [2.05, 4.69) is 15.6 Å². The average Bonchev–Trinajstić information content (AvgIpc) is 3.19. The summed E-state index contributed by atoms with van der Waals surface area (Å²) in [6.45, 7) is 2.39. The van der Waals surface area contributed by atoms with Gasteiger partial charge in [-0.25, -0.2) is 8.78 Å². The van der Waals surface area contributed by atoms with E-state index in [0.29, 0.717) is 11.6 Å². The fourth-order valence-corrected chi connectivity index (χ4v) is 5.97. The minimum atomic E-state index is -4.79. The molecule has 5 aromatic rings. The summed E-state index contributed by atoms with van der Waals surface area (Å²) in [7, 11) is 0. The molecule has 4 atom stereocenters. The summed E-state index contributed by atoms with van der Waals surface area (Å²) in [5.74, 6) is -1.92. The highest BCUT2D eigenvalue weighted by Crippen LogP contribution is 2.36. The molecule has 0 spiro atoms. The molecule has 0 fully saturated rings. The zero-order valence-corrected chi connectivity index (χ0v) is 31.8. The minimum Gasteiger partial charge on any atom is -0.662 e. The molecule has 0 aliphatic rings. The molecule has 0 saturated heterocycles. The van der Waals surface area contributed by atoms with Crippen molar-refractivity contribution >= 4 is 5.91 Å². The number of carbonyl (C=O) groups excluding carboxylic acids is 1. The lowest BCUT2D eigenvalue weighted by Gasteiger charge is -2.30. The fourth-order valence-electron chi connectivity index (χ4n) is 5.97. The lowest BCUT2D eigenvalue weighted by atomic mass is 9.95. The van der Waals surface area contributed by atoms with Gasteiger partial charge in [0.15, 0.2) is 0 Å². The van der Waals surface area contributed by atoms with Crippen LogP contribution in [0.25, 0.3) is 28.0 Å². The van der Waals surface area contributed by atoms with Crippen LogP contribution in [-0.4, -0.2) is 40.9 Å². The maximum Gasteiger partial charge on any atom is 0.416 e. The van der Waals surface area contributed by atoms with Gasteiger partial charge in [-0.2, -0.15) is 36.9 Å². The van der Waals surface area contributed by atoms with E-state index in [1.807, 2.05) is 42.5 Å². The molecule has 308 valence electrons. The first-order valence-corrected chi connectivity index (χ1v) is 18.1. The standard InChI is InChI=1S/C34H32F4N4O.C10H7F4N2/c1-33(2,35)21-30(32(43)41-29(22-39)20-23-6-4-3-5-7-23)42-31(34(36,37)38)28-14-12-25(13-15-28)24-8-10-26(11-9-24)27-16-18-40-19-17-27;11-9-4-7(10(12,13)14)2-1-6(9)3-8(16)5-15/h3-19,29-31,42H,20-21H2,1-2H3,(H,41,43);1-2,4,8,16H,3H2/q;-1/t29-,30-,31-;/m0./s1. The van der Waals surface area contributed by atoms with E-state index in [1.54, 1.807) is 60.9 Å². The second-order valence-electron chi connectivity index (χ2n) is 14.1. The number of benzene rings is 4. The predicted molar refractivity (Wildman–Crippen MR) is 207 cm³/mol. The highest BCUT2D eigenvalue weighted by atomic mass is 19.4. The van der Waals surface area contributed by atoms with Crippen molar-refractivity contribution in [2.75, 3.05) is 0 Å². The molecule has 1 aromatic heterocycles. The number of amides is 1. The molecule has 0 bridgehead atoms. The van der Waals surface area contributed by atoms with Crippen LogP contribution in [0.4, 0.5) is 35.1 Å². The summed E-state index contributed by atoms with van der Waals surface area (Å²) in [5, 5.41) is 22.8. The Morgan fingerprint density at radius 1 is 0.746 bits per heavy atom. The van der Waals surface area contributed by atoms with Crippen LogP contribution >= 0.6 is 0 Å². The molecule has 59 heavy (non-hydrogen) atoms. The van der Waals surface area contributed by atoms with Crippen molar-refractivity contribution in [3.05, 3.63) is 155 Å². The molecule has 3 N–H and O–H groups in total. The Morgan fingerprint density at radius 3 is 1.76 bits per heavy atom. The molecule has 1 heterocycles. The first-order chi connectivity index (χ1) is 27.8. The summed E-state index contributed by atoms with van der Waals surface area (Å²) in [6, 6.07) is 25.8. The van der Waals surface area contributed by atoms with Crippen LogP contribution in [-0.2, 0) is 23.8 Å². The van der Waals surface area contributed by atoms with E-state index < -0.39 is 65.9 Å². The van der Waals surface area contributed by atoms with Gasteiger partial charge in [0.2, 0.25) is 5.91 Å². The molecule has 4 aromatic carbocycles. The smallest absolute Gasteiger partial charge is 0.416 e. The van der Waals surface area contributed by atoms with Crippen molar-refractivity contribution in [2.45, 2.75) is 75.3 Å². The SMILES string of the molecule is CC(C)(F)C[C@H](N[C@@H](c1ccc(-c2ccc(-c3ccncc3)cc2)cc1)C(F)(F)F)C(=O)N[C@H](C#N)Cc1ccccc1.N#CC([NH-])Cc1ccc(C(F)(F)F)cc1F. The van der Waals surface area contributed by atoms with E-state index in [1.165, 1.54) is 26.0 Å². The number of pyridine rings is 1. The topological polar surface area (TPSA) is 125 Å². The molecular formula is C44H39F8N6O-. The number of hydrogen-bond acceptors (Lipinski definition) is 5. The van der Waals surface area contributed by atoms with Gasteiger partial charge < -0.3 is 11.1 Å². The zero-order valence-electron chi connectivity index (χ0n) is 31.8. The van der Waals surface area contributed by atoms with E-state index in [-0.39, 0.29) is 24.0 Å². The van der Waals surface area contributed by atoms with Crippen molar-refractivity contribution in [1.82, 2.24) is 15.6 Å². The van der Waals surface area contributed by atoms with Crippen LogP contribution in [0.1, 0.15) is 48.6 Å². The van der Waals surface area contributed by atoms with Crippen LogP contribution in [0, 0.1) is 28.5 Å². The average molecular weight is 820 g/mol. The summed E-state index contributed by atoms with van der Waals surface area (Å²) < 4.78 is 108. The number of rotatable bonds is 13. The van der Waals surface area contributed by atoms with Gasteiger partial charge in [0.1, 0.15) is 23.6 Å². The molecule has 5 rings (SSSR count). The van der Waals surface area contributed by atoms with Crippen LogP contribution in [0.2, 0.25) is 0 Å². The maximum atomic E-state index is 14.7. The van der Waals surface area contributed by atoms with E-state index in [4.69, 9.17) is 11.0 Å². The van der Waals surface area contributed by atoms with Gasteiger partial charge in [-0.15, -0.1) is 0 Å². The second-order valence-corrected chi connectivity index (χ2v) is 14.1. The summed E-state index contributed by atoms with van der Waals surface area (Å²) in [4.78, 5) is 17.2. The number of halogens is 8. The summed E-state index contributed by atoms with van der Waals surface area (Å²) in [5.41, 5.74) is 8.13. The Hall–Kier alpha value is -6.16. The van der Waals surface area contributed by atoms with E-state index >= 15 is 0 Å². The lowest BCUT2D eigenvalue weighted by Crippen LogP contribution is -2.53. The third-order valence-corrected chi connectivity index (χ3v) is 8.89. The van der Waals surface area contributed by atoms with Crippen molar-refractivity contribution in [3.8, 4) is 34.4 Å². The number of nitriles is 2. The van der Waals surface area contributed by atoms with Crippen molar-refractivity contribution in [3.63, 3.8) is 0 Å². The Labute approximate surface area is 336 Å². The normalized spacial score (nSPS) is 13.7. The number of nitrogens with zero attached hydrogens (tertiary/aromatic N) is 3. The van der Waals surface area contributed by atoms with Crippen molar-refractivity contribution in [2.24, 2.45) is 0 Å². The maximum absolute atomic E-state index is 14.7. The highest BCUT2D eigenvalue weighted by molar-refractivity contribution is 5.82. The van der Waals surface area contributed by atoms with Crippen LogP contribution in [0.15, 0.2) is 122 Å². The van der Waals surface area contributed by atoms with Gasteiger partial charge in [0, 0.05) is 31.3 Å². The predicted octanol–water partition coefficient (Wildman–Crippen LogP) is 10.7. The van der Waals surface area contributed by atoms with Crippen molar-refractivity contribution in [1.29, 1.82) is 10.5 Å². The Balaban J connectivity index is 0.000000403. The third kappa shape index (κ3) is 14.0. The monoisotopic (exact) mass is 819 g/mol.